The van der Waals surface area contributed by atoms with Gasteiger partial charge < -0.3 is 15.0 Å². The van der Waals surface area contributed by atoms with Crippen molar-refractivity contribution in [2.45, 2.75) is 13.5 Å². The van der Waals surface area contributed by atoms with Gasteiger partial charge >= 0.3 is 0 Å². The molecule has 4 nitrogen and oxygen atoms in total. The molecular formula is C12H21N3O. The van der Waals surface area contributed by atoms with Crippen LogP contribution in [0.2, 0.25) is 0 Å². The van der Waals surface area contributed by atoms with Gasteiger partial charge in [-0.25, -0.2) is 4.98 Å². The second-order valence-corrected chi connectivity index (χ2v) is 3.67. The van der Waals surface area contributed by atoms with Crippen molar-refractivity contribution in [2.75, 3.05) is 38.8 Å². The van der Waals surface area contributed by atoms with Crippen molar-refractivity contribution in [1.82, 2.24) is 10.3 Å². The van der Waals surface area contributed by atoms with E-state index in [9.17, 15) is 0 Å². The van der Waals surface area contributed by atoms with Crippen LogP contribution in [-0.2, 0) is 11.3 Å². The maximum Gasteiger partial charge on any atom is 0.128 e. The molecule has 0 aromatic carbocycles. The average molecular weight is 223 g/mol. The molecule has 0 radical (unpaired) electrons. The molecule has 1 aromatic rings. The number of nitrogens with zero attached hydrogens (tertiary/aromatic N) is 2. The summed E-state index contributed by atoms with van der Waals surface area (Å²) in [4.78, 5) is 6.50. The maximum absolute atomic E-state index is 5.31. The largest absolute Gasteiger partial charge is 0.380 e. The molecule has 0 aliphatic heterocycles. The molecule has 4 heteroatoms. The van der Waals surface area contributed by atoms with E-state index < -0.39 is 0 Å². The Labute approximate surface area is 97.6 Å². The SMILES string of the molecule is CCOCCN(C)c1ccc(CNC)cn1. The smallest absolute Gasteiger partial charge is 0.128 e. The molecule has 0 unspecified atom stereocenters. The number of anilines is 1. The molecule has 90 valence electrons. The zero-order valence-corrected chi connectivity index (χ0v) is 10.4. The molecule has 1 aromatic heterocycles. The van der Waals surface area contributed by atoms with Gasteiger partial charge in [0, 0.05) is 32.9 Å². The Hall–Kier alpha value is -1.13. The van der Waals surface area contributed by atoms with E-state index in [4.69, 9.17) is 4.74 Å². The molecule has 0 spiro atoms. The molecular weight excluding hydrogens is 202 g/mol. The lowest BCUT2D eigenvalue weighted by Crippen LogP contribution is -2.23. The van der Waals surface area contributed by atoms with Crippen molar-refractivity contribution in [1.29, 1.82) is 0 Å². The van der Waals surface area contributed by atoms with Crippen LogP contribution in [0, 0.1) is 0 Å². The summed E-state index contributed by atoms with van der Waals surface area (Å²) in [5.41, 5.74) is 1.20. The maximum atomic E-state index is 5.31. The van der Waals surface area contributed by atoms with E-state index in [-0.39, 0.29) is 0 Å². The van der Waals surface area contributed by atoms with Crippen LogP contribution in [0.15, 0.2) is 18.3 Å². The van der Waals surface area contributed by atoms with Gasteiger partial charge in [0.2, 0.25) is 0 Å². The predicted octanol–water partition coefficient (Wildman–Crippen LogP) is 1.27. The molecule has 0 saturated carbocycles. The lowest BCUT2D eigenvalue weighted by molar-refractivity contribution is 0.154. The number of nitrogens with one attached hydrogen (secondary N) is 1. The Balaban J connectivity index is 2.46. The summed E-state index contributed by atoms with van der Waals surface area (Å²) < 4.78 is 5.31. The summed E-state index contributed by atoms with van der Waals surface area (Å²) >= 11 is 0. The van der Waals surface area contributed by atoms with E-state index in [1.807, 2.05) is 33.3 Å². The zero-order valence-electron chi connectivity index (χ0n) is 10.4. The van der Waals surface area contributed by atoms with E-state index in [0.29, 0.717) is 0 Å². The van der Waals surface area contributed by atoms with Gasteiger partial charge in [-0.2, -0.15) is 0 Å². The zero-order chi connectivity index (χ0) is 11.8. The van der Waals surface area contributed by atoms with Crippen LogP contribution in [0.4, 0.5) is 5.82 Å². The lowest BCUT2D eigenvalue weighted by atomic mass is 10.3. The summed E-state index contributed by atoms with van der Waals surface area (Å²) in [6.07, 6.45) is 1.91. The number of likely N-dealkylation sites (N-methyl/N-ethyl adjacent to an activating group) is 1. The third-order valence-electron chi connectivity index (χ3n) is 2.36. The summed E-state index contributed by atoms with van der Waals surface area (Å²) in [5, 5.41) is 3.10. The Morgan fingerprint density at radius 2 is 2.25 bits per heavy atom. The van der Waals surface area contributed by atoms with Gasteiger partial charge in [-0.05, 0) is 25.6 Å². The van der Waals surface area contributed by atoms with Crippen molar-refractivity contribution in [3.8, 4) is 0 Å². The molecule has 0 bridgehead atoms. The highest BCUT2D eigenvalue weighted by Crippen LogP contribution is 2.09. The second kappa shape index (κ2) is 7.19. The van der Waals surface area contributed by atoms with Gasteiger partial charge in [-0.1, -0.05) is 6.07 Å². The quantitative estimate of drug-likeness (QED) is 0.706. The highest BCUT2D eigenvalue weighted by molar-refractivity contribution is 5.38. The van der Waals surface area contributed by atoms with Gasteiger partial charge in [0.15, 0.2) is 0 Å². The topological polar surface area (TPSA) is 37.4 Å². The van der Waals surface area contributed by atoms with Crippen molar-refractivity contribution in [3.05, 3.63) is 23.9 Å². The molecule has 0 aliphatic rings. The average Bonchev–Trinajstić information content (AvgIpc) is 2.30. The van der Waals surface area contributed by atoms with E-state index in [1.165, 1.54) is 5.56 Å². The molecule has 0 fully saturated rings. The van der Waals surface area contributed by atoms with E-state index in [2.05, 4.69) is 21.3 Å². The molecule has 1 heterocycles. The first-order valence-corrected chi connectivity index (χ1v) is 5.66. The van der Waals surface area contributed by atoms with E-state index in [0.717, 1.165) is 32.1 Å². The summed E-state index contributed by atoms with van der Waals surface area (Å²) in [7, 11) is 3.96. The van der Waals surface area contributed by atoms with Crippen molar-refractivity contribution in [3.63, 3.8) is 0 Å². The normalized spacial score (nSPS) is 10.4. The standard InChI is InChI=1S/C12H21N3O/c1-4-16-8-7-15(3)12-6-5-11(9-13-2)10-14-12/h5-6,10,13H,4,7-9H2,1-3H3. The van der Waals surface area contributed by atoms with Gasteiger partial charge in [0.25, 0.3) is 0 Å². The van der Waals surface area contributed by atoms with Crippen LogP contribution < -0.4 is 10.2 Å². The summed E-state index contributed by atoms with van der Waals surface area (Å²) in [6.45, 7) is 5.24. The van der Waals surface area contributed by atoms with Crippen LogP contribution >= 0.6 is 0 Å². The monoisotopic (exact) mass is 223 g/mol. The van der Waals surface area contributed by atoms with Gasteiger partial charge in [0.1, 0.15) is 5.82 Å². The molecule has 0 atom stereocenters. The van der Waals surface area contributed by atoms with Crippen LogP contribution in [0.5, 0.6) is 0 Å². The minimum absolute atomic E-state index is 0.743. The van der Waals surface area contributed by atoms with Crippen molar-refractivity contribution in [2.24, 2.45) is 0 Å². The molecule has 0 saturated heterocycles. The van der Waals surface area contributed by atoms with Gasteiger partial charge in [-0.3, -0.25) is 0 Å². The number of hydrogen-bond donors (Lipinski definition) is 1. The fraction of sp³-hybridized carbons (Fsp3) is 0.583. The van der Waals surface area contributed by atoms with Crippen LogP contribution in [0.25, 0.3) is 0 Å². The second-order valence-electron chi connectivity index (χ2n) is 3.67. The highest BCUT2D eigenvalue weighted by Gasteiger charge is 2.01. The van der Waals surface area contributed by atoms with E-state index in [1.54, 1.807) is 0 Å². The fourth-order valence-corrected chi connectivity index (χ4v) is 1.41. The Kier molecular flexibility index (Phi) is 5.82. The predicted molar refractivity (Wildman–Crippen MR) is 66.8 cm³/mol. The van der Waals surface area contributed by atoms with Gasteiger partial charge in [-0.15, -0.1) is 0 Å². The van der Waals surface area contributed by atoms with Gasteiger partial charge in [0.05, 0.1) is 6.61 Å². The minimum Gasteiger partial charge on any atom is -0.380 e. The number of pyridine rings is 1. The summed E-state index contributed by atoms with van der Waals surface area (Å²) in [5.74, 6) is 0.986. The van der Waals surface area contributed by atoms with Crippen molar-refractivity contribution >= 4 is 5.82 Å². The first-order valence-electron chi connectivity index (χ1n) is 5.66. The Morgan fingerprint density at radius 3 is 2.81 bits per heavy atom. The first kappa shape index (κ1) is 12.9. The number of ether oxygens (including phenoxy) is 1. The summed E-state index contributed by atoms with van der Waals surface area (Å²) in [6, 6.07) is 4.13. The van der Waals surface area contributed by atoms with Crippen molar-refractivity contribution < 1.29 is 4.74 Å². The molecule has 1 N–H and O–H groups in total. The minimum atomic E-state index is 0.743. The third kappa shape index (κ3) is 4.16. The first-order chi connectivity index (χ1) is 7.77. The molecule has 0 aliphatic carbocycles. The molecule has 1 rings (SSSR count). The highest BCUT2D eigenvalue weighted by atomic mass is 16.5. The Bertz CT molecular complexity index is 287. The molecule has 0 amide bonds. The molecule has 16 heavy (non-hydrogen) atoms. The van der Waals surface area contributed by atoms with Crippen LogP contribution in [-0.4, -0.2) is 38.8 Å². The number of rotatable bonds is 7. The van der Waals surface area contributed by atoms with E-state index >= 15 is 0 Å². The van der Waals surface area contributed by atoms with Crippen LogP contribution in [0.1, 0.15) is 12.5 Å². The fourth-order valence-electron chi connectivity index (χ4n) is 1.41. The lowest BCUT2D eigenvalue weighted by Gasteiger charge is -2.18. The number of aromatic nitrogens is 1. The Morgan fingerprint density at radius 1 is 1.44 bits per heavy atom. The third-order valence-corrected chi connectivity index (χ3v) is 2.36. The number of hydrogen-bond acceptors (Lipinski definition) is 4. The van der Waals surface area contributed by atoms with Crippen LogP contribution in [0.3, 0.4) is 0 Å².